The van der Waals surface area contributed by atoms with Gasteiger partial charge >= 0.3 is 0 Å². The van der Waals surface area contributed by atoms with E-state index < -0.39 is 11.8 Å². The van der Waals surface area contributed by atoms with E-state index in [-0.39, 0.29) is 30.0 Å². The molecule has 0 saturated carbocycles. The molecule has 5 rings (SSSR count). The number of carbonyl (C=O) groups excluding carboxylic acids is 4. The molecule has 176 valence electrons. The Hall–Kier alpha value is -3.88. The van der Waals surface area contributed by atoms with Crippen LogP contribution in [0.5, 0.6) is 5.75 Å². The molecule has 3 aliphatic rings. The maximum atomic E-state index is 13.3. The molecule has 2 atom stereocenters. The molecule has 2 unspecified atom stereocenters. The lowest BCUT2D eigenvalue weighted by Crippen LogP contribution is -2.62. The van der Waals surface area contributed by atoms with Gasteiger partial charge < -0.3 is 20.3 Å². The van der Waals surface area contributed by atoms with Gasteiger partial charge in [0.2, 0.25) is 11.8 Å². The highest BCUT2D eigenvalue weighted by atomic mass is 16.5. The highest BCUT2D eigenvalue weighted by Crippen LogP contribution is 2.44. The van der Waals surface area contributed by atoms with Gasteiger partial charge in [0.05, 0.1) is 16.9 Å². The third-order valence-corrected chi connectivity index (χ3v) is 6.73. The van der Waals surface area contributed by atoms with Crippen molar-refractivity contribution in [2.45, 2.75) is 51.3 Å². The summed E-state index contributed by atoms with van der Waals surface area (Å²) in [5.74, 6) is -0.00694. The number of anilines is 3. The van der Waals surface area contributed by atoms with Crippen LogP contribution in [0.1, 0.15) is 49.9 Å². The summed E-state index contributed by atoms with van der Waals surface area (Å²) in [7, 11) is 0. The van der Waals surface area contributed by atoms with Gasteiger partial charge in [0.1, 0.15) is 11.4 Å². The normalized spacial score (nSPS) is 23.0. The molecular weight excluding hydrogens is 436 g/mol. The molecule has 2 N–H and O–H groups in total. The van der Waals surface area contributed by atoms with Crippen LogP contribution in [-0.2, 0) is 14.4 Å². The van der Waals surface area contributed by atoms with Crippen LogP contribution in [0.4, 0.5) is 17.1 Å². The fraction of sp³-hybridized carbons (Fsp3) is 0.360. The van der Waals surface area contributed by atoms with Gasteiger partial charge in [-0.1, -0.05) is 12.1 Å². The molecular formula is C25H26N4O5. The van der Waals surface area contributed by atoms with E-state index >= 15 is 0 Å². The monoisotopic (exact) mass is 462 g/mol. The first kappa shape index (κ1) is 21.9. The maximum absolute atomic E-state index is 13.3. The summed E-state index contributed by atoms with van der Waals surface area (Å²) in [6.07, 6.45) is 1.02. The Morgan fingerprint density at radius 2 is 2.00 bits per heavy atom. The van der Waals surface area contributed by atoms with Crippen molar-refractivity contribution in [1.29, 1.82) is 0 Å². The number of hydrogen-bond acceptors (Lipinski definition) is 5. The van der Waals surface area contributed by atoms with Gasteiger partial charge in [0, 0.05) is 25.1 Å². The molecule has 1 fully saturated rings. The summed E-state index contributed by atoms with van der Waals surface area (Å²) in [6, 6.07) is 12.3. The second kappa shape index (κ2) is 8.16. The van der Waals surface area contributed by atoms with Crippen molar-refractivity contribution in [3.63, 3.8) is 0 Å². The zero-order chi connectivity index (χ0) is 24.0. The molecule has 3 heterocycles. The Kier molecular flexibility index (Phi) is 5.27. The second-order valence-electron chi connectivity index (χ2n) is 9.03. The quantitative estimate of drug-likeness (QED) is 0.710. The van der Waals surface area contributed by atoms with Crippen molar-refractivity contribution in [3.8, 4) is 5.75 Å². The van der Waals surface area contributed by atoms with E-state index in [2.05, 4.69) is 10.6 Å². The molecule has 9 heteroatoms. The predicted octanol–water partition coefficient (Wildman–Crippen LogP) is 3.12. The van der Waals surface area contributed by atoms with Crippen molar-refractivity contribution in [2.75, 3.05) is 22.1 Å². The Bertz CT molecular complexity index is 1210. The largest absolute Gasteiger partial charge is 0.479 e. The Morgan fingerprint density at radius 1 is 1.21 bits per heavy atom. The number of amides is 4. The van der Waals surface area contributed by atoms with E-state index in [1.807, 2.05) is 19.1 Å². The third-order valence-electron chi connectivity index (χ3n) is 6.73. The number of nitrogens with zero attached hydrogens (tertiary/aromatic N) is 2. The van der Waals surface area contributed by atoms with E-state index in [1.54, 1.807) is 47.1 Å². The summed E-state index contributed by atoms with van der Waals surface area (Å²) in [4.78, 5) is 53.8. The fourth-order valence-corrected chi connectivity index (χ4v) is 4.95. The summed E-state index contributed by atoms with van der Waals surface area (Å²) >= 11 is 0. The van der Waals surface area contributed by atoms with Crippen molar-refractivity contribution >= 4 is 40.7 Å². The van der Waals surface area contributed by atoms with E-state index in [0.717, 1.165) is 0 Å². The van der Waals surface area contributed by atoms with Crippen molar-refractivity contribution < 1.29 is 23.9 Å². The molecule has 0 radical (unpaired) electrons. The summed E-state index contributed by atoms with van der Waals surface area (Å²) in [5.41, 5.74) is 1.49. The van der Waals surface area contributed by atoms with Crippen molar-refractivity contribution in [3.05, 3.63) is 48.0 Å². The molecule has 1 saturated heterocycles. The smallest absolute Gasteiger partial charge is 0.265 e. The molecule has 2 aromatic carbocycles. The number of nitrogens with one attached hydrogen (secondary N) is 2. The Balaban J connectivity index is 1.24. The number of rotatable bonds is 5. The van der Waals surface area contributed by atoms with Crippen LogP contribution in [0, 0.1) is 0 Å². The highest BCUT2D eigenvalue weighted by Gasteiger charge is 2.52. The van der Waals surface area contributed by atoms with Crippen LogP contribution in [-0.4, -0.2) is 46.8 Å². The van der Waals surface area contributed by atoms with Gasteiger partial charge in [-0.2, -0.15) is 0 Å². The summed E-state index contributed by atoms with van der Waals surface area (Å²) in [5, 5.41) is 5.59. The van der Waals surface area contributed by atoms with E-state index in [4.69, 9.17) is 4.74 Å². The SMILES string of the molecule is CC1Oc2ccc(NC(=O)CCCN3C(=O)c4ccccc4N4C(=O)CCC34C)cc2NC1=O. The molecule has 4 amide bonds. The van der Waals surface area contributed by atoms with Crippen LogP contribution in [0.25, 0.3) is 0 Å². The first-order valence-corrected chi connectivity index (χ1v) is 11.4. The molecule has 0 bridgehead atoms. The Morgan fingerprint density at radius 3 is 2.82 bits per heavy atom. The predicted molar refractivity (Wildman–Crippen MR) is 126 cm³/mol. The maximum Gasteiger partial charge on any atom is 0.265 e. The fourth-order valence-electron chi connectivity index (χ4n) is 4.95. The summed E-state index contributed by atoms with van der Waals surface area (Å²) < 4.78 is 5.53. The lowest BCUT2D eigenvalue weighted by Gasteiger charge is -2.48. The summed E-state index contributed by atoms with van der Waals surface area (Å²) in [6.45, 7) is 3.93. The molecule has 0 aromatic heterocycles. The second-order valence-corrected chi connectivity index (χ2v) is 9.03. The molecule has 9 nitrogen and oxygen atoms in total. The van der Waals surface area contributed by atoms with Crippen LogP contribution in [0.2, 0.25) is 0 Å². The number of hydrogen-bond donors (Lipinski definition) is 2. The van der Waals surface area contributed by atoms with Gasteiger partial charge in [0.15, 0.2) is 6.10 Å². The third kappa shape index (κ3) is 3.57. The average molecular weight is 463 g/mol. The van der Waals surface area contributed by atoms with Gasteiger partial charge in [-0.3, -0.25) is 24.1 Å². The van der Waals surface area contributed by atoms with Crippen LogP contribution < -0.4 is 20.3 Å². The van der Waals surface area contributed by atoms with E-state index in [9.17, 15) is 19.2 Å². The van der Waals surface area contributed by atoms with E-state index in [0.29, 0.717) is 54.2 Å². The topological polar surface area (TPSA) is 108 Å². The number of para-hydroxylation sites is 1. The minimum absolute atomic E-state index is 0.00284. The van der Waals surface area contributed by atoms with Crippen LogP contribution >= 0.6 is 0 Å². The number of fused-ring (bicyclic) bond motifs is 4. The molecule has 0 spiro atoms. The molecule has 2 aromatic rings. The van der Waals surface area contributed by atoms with Gasteiger partial charge in [-0.05, 0) is 57.0 Å². The average Bonchev–Trinajstić information content (AvgIpc) is 3.12. The lowest BCUT2D eigenvalue weighted by atomic mass is 9.98. The minimum Gasteiger partial charge on any atom is -0.479 e. The lowest BCUT2D eigenvalue weighted by molar-refractivity contribution is -0.122. The van der Waals surface area contributed by atoms with Gasteiger partial charge in [0.25, 0.3) is 11.8 Å². The highest BCUT2D eigenvalue weighted by molar-refractivity contribution is 6.10. The first-order valence-electron chi connectivity index (χ1n) is 11.4. The van der Waals surface area contributed by atoms with Crippen LogP contribution in [0.3, 0.4) is 0 Å². The van der Waals surface area contributed by atoms with Crippen molar-refractivity contribution in [2.24, 2.45) is 0 Å². The minimum atomic E-state index is -0.729. The zero-order valence-corrected chi connectivity index (χ0v) is 19.1. The van der Waals surface area contributed by atoms with E-state index in [1.165, 1.54) is 0 Å². The number of carbonyl (C=O) groups is 4. The Labute approximate surface area is 197 Å². The number of benzene rings is 2. The molecule has 3 aliphatic heterocycles. The first-order chi connectivity index (χ1) is 16.3. The van der Waals surface area contributed by atoms with Crippen LogP contribution in [0.15, 0.2) is 42.5 Å². The zero-order valence-electron chi connectivity index (χ0n) is 19.1. The van der Waals surface area contributed by atoms with Crippen molar-refractivity contribution in [1.82, 2.24) is 4.90 Å². The van der Waals surface area contributed by atoms with Gasteiger partial charge in [-0.25, -0.2) is 0 Å². The molecule has 34 heavy (non-hydrogen) atoms. The molecule has 0 aliphatic carbocycles. The number of ether oxygens (including phenoxy) is 1. The standard InChI is InChI=1S/C25H26N4O5/c1-15-23(32)27-18-14-16(9-10-20(18)34-15)26-21(30)8-5-13-28-24(33)17-6-3-4-7-19(17)29-22(31)11-12-25(28,29)2/h3-4,6-7,9-10,14-15H,5,8,11-13H2,1-2H3,(H,26,30)(H,27,32). The van der Waals surface area contributed by atoms with Gasteiger partial charge in [-0.15, -0.1) is 0 Å².